The van der Waals surface area contributed by atoms with Crippen LogP contribution in [0.2, 0.25) is 0 Å². The molecule has 0 saturated heterocycles. The summed E-state index contributed by atoms with van der Waals surface area (Å²) >= 11 is 0. The van der Waals surface area contributed by atoms with Crippen molar-refractivity contribution in [1.82, 2.24) is 0 Å². The van der Waals surface area contributed by atoms with Gasteiger partial charge in [0, 0.05) is 6.21 Å². The maximum absolute atomic E-state index is 9.41. The fraction of sp³-hybridized carbons (Fsp3) is 0.364. The summed E-state index contributed by atoms with van der Waals surface area (Å²) in [5.74, 6) is 0.307. The normalized spacial score (nSPS) is 11.1. The van der Waals surface area contributed by atoms with Crippen LogP contribution in [0.25, 0.3) is 0 Å². The van der Waals surface area contributed by atoms with Crippen LogP contribution in [0, 0.1) is 13.8 Å². The van der Waals surface area contributed by atoms with E-state index in [2.05, 4.69) is 4.99 Å². The molecule has 76 valence electrons. The molecule has 0 heterocycles. The summed E-state index contributed by atoms with van der Waals surface area (Å²) in [6, 6.07) is 3.60. The smallest absolute Gasteiger partial charge is 0.118 e. The number of benzene rings is 1. The van der Waals surface area contributed by atoms with Gasteiger partial charge in [0.25, 0.3) is 0 Å². The molecule has 0 amide bonds. The van der Waals surface area contributed by atoms with Gasteiger partial charge in [0.05, 0.1) is 13.2 Å². The molecule has 3 nitrogen and oxygen atoms in total. The van der Waals surface area contributed by atoms with Crippen molar-refractivity contribution in [3.63, 3.8) is 0 Å². The van der Waals surface area contributed by atoms with Crippen molar-refractivity contribution in [3.05, 3.63) is 28.8 Å². The van der Waals surface area contributed by atoms with Crippen molar-refractivity contribution >= 4 is 6.21 Å². The van der Waals surface area contributed by atoms with Crippen LogP contribution < -0.4 is 0 Å². The molecule has 14 heavy (non-hydrogen) atoms. The number of hydrogen-bond acceptors (Lipinski definition) is 3. The van der Waals surface area contributed by atoms with Crippen molar-refractivity contribution in [2.24, 2.45) is 4.99 Å². The number of phenolic OH excluding ortho intramolecular Hbond substituents is 1. The summed E-state index contributed by atoms with van der Waals surface area (Å²) < 4.78 is 0. The average molecular weight is 193 g/mol. The number of rotatable bonds is 3. The standard InChI is InChI=1S/C11H15NO2/c1-8-6-11(14)9(2)5-10(8)7-12-3-4-13/h5-7,13-14H,3-4H2,1-2H3/b12-7+. The number of aliphatic imine (C=N–C) groups is 1. The van der Waals surface area contributed by atoms with E-state index in [1.54, 1.807) is 12.3 Å². The highest BCUT2D eigenvalue weighted by molar-refractivity contribution is 5.82. The zero-order valence-corrected chi connectivity index (χ0v) is 8.49. The van der Waals surface area contributed by atoms with Crippen LogP contribution in [0.4, 0.5) is 0 Å². The highest BCUT2D eigenvalue weighted by Gasteiger charge is 2.00. The first-order chi connectivity index (χ1) is 6.65. The van der Waals surface area contributed by atoms with E-state index in [1.165, 1.54) is 0 Å². The quantitative estimate of drug-likeness (QED) is 0.713. The third-order valence-corrected chi connectivity index (χ3v) is 2.04. The Labute approximate surface area is 83.7 Å². The molecule has 0 aliphatic carbocycles. The average Bonchev–Trinajstić information content (AvgIpc) is 2.14. The highest BCUT2D eigenvalue weighted by atomic mass is 16.3. The molecule has 0 aromatic heterocycles. The van der Waals surface area contributed by atoms with Gasteiger partial charge in [-0.25, -0.2) is 0 Å². The minimum absolute atomic E-state index is 0.0621. The number of hydrogen-bond donors (Lipinski definition) is 2. The lowest BCUT2D eigenvalue weighted by Crippen LogP contribution is -1.92. The lowest BCUT2D eigenvalue weighted by molar-refractivity contribution is 0.307. The van der Waals surface area contributed by atoms with Crippen molar-refractivity contribution in [2.75, 3.05) is 13.2 Å². The molecule has 0 radical (unpaired) electrons. The second-order valence-electron chi connectivity index (χ2n) is 3.25. The molecule has 0 atom stereocenters. The minimum Gasteiger partial charge on any atom is -0.508 e. The van der Waals surface area contributed by atoms with Crippen LogP contribution in [0.3, 0.4) is 0 Å². The SMILES string of the molecule is Cc1cc(/C=N/CCO)c(C)cc1O. The molecule has 0 bridgehead atoms. The Morgan fingerprint density at radius 2 is 2.00 bits per heavy atom. The van der Waals surface area contributed by atoms with E-state index in [-0.39, 0.29) is 6.61 Å². The zero-order valence-electron chi connectivity index (χ0n) is 8.49. The van der Waals surface area contributed by atoms with Crippen LogP contribution in [-0.4, -0.2) is 29.6 Å². The number of nitrogens with zero attached hydrogens (tertiary/aromatic N) is 1. The van der Waals surface area contributed by atoms with Gasteiger partial charge in [-0.3, -0.25) is 4.99 Å². The second kappa shape index (κ2) is 4.77. The summed E-state index contributed by atoms with van der Waals surface area (Å²) in [6.07, 6.45) is 1.72. The first-order valence-electron chi connectivity index (χ1n) is 4.56. The number of aliphatic hydroxyl groups is 1. The van der Waals surface area contributed by atoms with Crippen LogP contribution >= 0.6 is 0 Å². The maximum atomic E-state index is 9.41. The van der Waals surface area contributed by atoms with Crippen LogP contribution in [-0.2, 0) is 0 Å². The predicted molar refractivity (Wildman–Crippen MR) is 57.1 cm³/mol. The van der Waals surface area contributed by atoms with Gasteiger partial charge in [0.15, 0.2) is 0 Å². The second-order valence-corrected chi connectivity index (χ2v) is 3.25. The van der Waals surface area contributed by atoms with E-state index in [0.29, 0.717) is 12.3 Å². The summed E-state index contributed by atoms with van der Waals surface area (Å²) in [5.41, 5.74) is 2.80. The maximum Gasteiger partial charge on any atom is 0.118 e. The van der Waals surface area contributed by atoms with Gasteiger partial charge in [-0.15, -0.1) is 0 Å². The Morgan fingerprint density at radius 3 is 2.64 bits per heavy atom. The molecule has 0 fully saturated rings. The zero-order chi connectivity index (χ0) is 10.6. The fourth-order valence-corrected chi connectivity index (χ4v) is 1.18. The van der Waals surface area contributed by atoms with E-state index >= 15 is 0 Å². The molecule has 2 N–H and O–H groups in total. The molecule has 0 saturated carbocycles. The number of aryl methyl sites for hydroxylation is 2. The van der Waals surface area contributed by atoms with Crippen LogP contribution in [0.15, 0.2) is 17.1 Å². The van der Waals surface area contributed by atoms with Gasteiger partial charge in [-0.2, -0.15) is 0 Å². The molecule has 0 unspecified atom stereocenters. The van der Waals surface area contributed by atoms with Gasteiger partial charge in [-0.05, 0) is 42.7 Å². The summed E-state index contributed by atoms with van der Waals surface area (Å²) in [7, 11) is 0. The third-order valence-electron chi connectivity index (χ3n) is 2.04. The van der Waals surface area contributed by atoms with E-state index < -0.39 is 0 Å². The molecule has 0 spiro atoms. The molecular weight excluding hydrogens is 178 g/mol. The van der Waals surface area contributed by atoms with Crippen LogP contribution in [0.5, 0.6) is 5.75 Å². The summed E-state index contributed by atoms with van der Waals surface area (Å²) in [4.78, 5) is 4.04. The molecule has 1 aromatic rings. The Bertz CT molecular complexity index is 345. The summed E-state index contributed by atoms with van der Waals surface area (Å²) in [5, 5.41) is 18.0. The van der Waals surface area contributed by atoms with Gasteiger partial charge in [0.2, 0.25) is 0 Å². The minimum atomic E-state index is 0.0621. The Balaban J connectivity index is 2.92. The summed E-state index contributed by atoms with van der Waals surface area (Å²) in [6.45, 7) is 4.24. The topological polar surface area (TPSA) is 52.8 Å². The Kier molecular flexibility index (Phi) is 3.65. The highest BCUT2D eigenvalue weighted by Crippen LogP contribution is 2.19. The molecular formula is C11H15NO2. The number of aliphatic hydroxyl groups excluding tert-OH is 1. The fourth-order valence-electron chi connectivity index (χ4n) is 1.18. The van der Waals surface area contributed by atoms with Crippen molar-refractivity contribution in [1.29, 1.82) is 0 Å². The number of phenols is 1. The van der Waals surface area contributed by atoms with E-state index in [4.69, 9.17) is 5.11 Å². The van der Waals surface area contributed by atoms with Crippen LogP contribution in [0.1, 0.15) is 16.7 Å². The van der Waals surface area contributed by atoms with Crippen molar-refractivity contribution in [2.45, 2.75) is 13.8 Å². The van der Waals surface area contributed by atoms with E-state index in [9.17, 15) is 5.11 Å². The largest absolute Gasteiger partial charge is 0.508 e. The molecule has 1 aromatic carbocycles. The van der Waals surface area contributed by atoms with Gasteiger partial charge in [-0.1, -0.05) is 0 Å². The van der Waals surface area contributed by atoms with Crippen molar-refractivity contribution < 1.29 is 10.2 Å². The van der Waals surface area contributed by atoms with Gasteiger partial charge < -0.3 is 10.2 Å². The monoisotopic (exact) mass is 193 g/mol. The lowest BCUT2D eigenvalue weighted by Gasteiger charge is -2.04. The first-order valence-corrected chi connectivity index (χ1v) is 4.56. The van der Waals surface area contributed by atoms with E-state index in [0.717, 1.165) is 16.7 Å². The first kappa shape index (κ1) is 10.7. The van der Waals surface area contributed by atoms with Crippen molar-refractivity contribution in [3.8, 4) is 5.75 Å². The molecule has 0 aliphatic rings. The molecule has 0 aliphatic heterocycles. The third kappa shape index (κ3) is 2.57. The Morgan fingerprint density at radius 1 is 1.29 bits per heavy atom. The molecule has 3 heteroatoms. The van der Waals surface area contributed by atoms with E-state index in [1.807, 2.05) is 19.9 Å². The van der Waals surface area contributed by atoms with Gasteiger partial charge >= 0.3 is 0 Å². The van der Waals surface area contributed by atoms with Gasteiger partial charge in [0.1, 0.15) is 5.75 Å². The lowest BCUT2D eigenvalue weighted by atomic mass is 10.1. The predicted octanol–water partition coefficient (Wildman–Crippen LogP) is 1.42. The Hall–Kier alpha value is -1.35. The number of aromatic hydroxyl groups is 1. The molecule has 1 rings (SSSR count).